The minimum atomic E-state index is -3.65. The van der Waals surface area contributed by atoms with Crippen molar-refractivity contribution in [3.63, 3.8) is 0 Å². The number of sulfonamides is 1. The number of hydrogen-bond donors (Lipinski definition) is 1. The van der Waals surface area contributed by atoms with Crippen molar-refractivity contribution in [2.45, 2.75) is 51.2 Å². The van der Waals surface area contributed by atoms with Gasteiger partial charge in [0.05, 0.1) is 11.5 Å². The monoisotopic (exact) mass is 372 g/mol. The quantitative estimate of drug-likeness (QED) is 0.795. The van der Waals surface area contributed by atoms with E-state index in [0.29, 0.717) is 12.4 Å². The van der Waals surface area contributed by atoms with E-state index < -0.39 is 27.8 Å². The van der Waals surface area contributed by atoms with Crippen molar-refractivity contribution in [2.75, 3.05) is 20.2 Å². The van der Waals surface area contributed by atoms with E-state index in [-0.39, 0.29) is 11.4 Å². The number of amides is 1. The molecule has 1 atom stereocenters. The molecule has 0 unspecified atom stereocenters. The molecule has 1 N–H and O–H groups in total. The predicted molar refractivity (Wildman–Crippen MR) is 96.3 cm³/mol. The van der Waals surface area contributed by atoms with Gasteiger partial charge < -0.3 is 14.8 Å². The summed E-state index contributed by atoms with van der Waals surface area (Å²) in [4.78, 5) is 11.9. The number of ether oxygens (including phenoxy) is 2. The number of carbonyl (C=O) groups excluding carboxylic acids is 1. The summed E-state index contributed by atoms with van der Waals surface area (Å²) in [6.07, 6.45) is -0.577. The summed E-state index contributed by atoms with van der Waals surface area (Å²) in [5, 5.41) is 2.63. The highest BCUT2D eigenvalue weighted by atomic mass is 32.2. The Labute approximate surface area is 150 Å². The fourth-order valence-corrected chi connectivity index (χ4v) is 3.35. The first kappa shape index (κ1) is 21.2. The van der Waals surface area contributed by atoms with E-state index >= 15 is 0 Å². The van der Waals surface area contributed by atoms with E-state index in [1.807, 2.05) is 6.92 Å². The SMILES string of the molecule is CCOc1ccc(S(=O)(=O)N(C)C[C@H](C)NC(=O)OC(C)(C)C)cc1. The van der Waals surface area contributed by atoms with Crippen LogP contribution in [0, 0.1) is 0 Å². The van der Waals surface area contributed by atoms with Crippen molar-refractivity contribution >= 4 is 16.1 Å². The fourth-order valence-electron chi connectivity index (χ4n) is 2.09. The van der Waals surface area contributed by atoms with E-state index in [4.69, 9.17) is 9.47 Å². The number of carbonyl (C=O) groups is 1. The normalized spacial score (nSPS) is 13.4. The van der Waals surface area contributed by atoms with Crippen LogP contribution in [-0.4, -0.2) is 50.7 Å². The van der Waals surface area contributed by atoms with E-state index in [1.54, 1.807) is 39.8 Å². The fraction of sp³-hybridized carbons (Fsp3) is 0.588. The smallest absolute Gasteiger partial charge is 0.407 e. The summed E-state index contributed by atoms with van der Waals surface area (Å²) < 4.78 is 36.9. The van der Waals surface area contributed by atoms with Crippen LogP contribution in [0.4, 0.5) is 4.79 Å². The van der Waals surface area contributed by atoms with E-state index in [0.717, 1.165) is 0 Å². The standard InChI is InChI=1S/C17H28N2O5S/c1-7-23-14-8-10-15(11-9-14)25(21,22)19(6)12-13(2)18-16(20)24-17(3,4)5/h8-11,13H,7,12H2,1-6H3,(H,18,20)/t13-/m0/s1. The number of rotatable bonds is 7. The van der Waals surface area contributed by atoms with E-state index in [9.17, 15) is 13.2 Å². The van der Waals surface area contributed by atoms with Crippen molar-refractivity contribution in [1.29, 1.82) is 0 Å². The third-order valence-electron chi connectivity index (χ3n) is 3.14. The number of nitrogens with one attached hydrogen (secondary N) is 1. The van der Waals surface area contributed by atoms with Gasteiger partial charge in [-0.25, -0.2) is 13.2 Å². The van der Waals surface area contributed by atoms with Gasteiger partial charge in [-0.1, -0.05) is 0 Å². The molecule has 1 amide bonds. The largest absolute Gasteiger partial charge is 0.494 e. The van der Waals surface area contributed by atoms with Crippen molar-refractivity contribution in [3.8, 4) is 5.75 Å². The van der Waals surface area contributed by atoms with Crippen molar-refractivity contribution in [1.82, 2.24) is 9.62 Å². The average Bonchev–Trinajstić information content (AvgIpc) is 2.45. The van der Waals surface area contributed by atoms with Crippen LogP contribution in [0.1, 0.15) is 34.6 Å². The zero-order valence-electron chi connectivity index (χ0n) is 15.7. The number of nitrogens with zero attached hydrogens (tertiary/aromatic N) is 1. The number of alkyl carbamates (subject to hydrolysis) is 1. The minimum Gasteiger partial charge on any atom is -0.494 e. The second-order valence-electron chi connectivity index (χ2n) is 6.74. The summed E-state index contributed by atoms with van der Waals surface area (Å²) in [7, 11) is -2.18. The lowest BCUT2D eigenvalue weighted by molar-refractivity contribution is 0.0504. The van der Waals surface area contributed by atoms with Crippen LogP contribution in [0.3, 0.4) is 0 Å². The van der Waals surface area contributed by atoms with Gasteiger partial charge in [-0.2, -0.15) is 4.31 Å². The molecule has 25 heavy (non-hydrogen) atoms. The molecule has 1 aromatic rings. The molecule has 0 bridgehead atoms. The lowest BCUT2D eigenvalue weighted by atomic mass is 10.2. The molecule has 8 heteroatoms. The van der Waals surface area contributed by atoms with Crippen LogP contribution < -0.4 is 10.1 Å². The van der Waals surface area contributed by atoms with Crippen LogP contribution >= 0.6 is 0 Å². The Morgan fingerprint density at radius 3 is 2.28 bits per heavy atom. The molecule has 0 aliphatic heterocycles. The van der Waals surface area contributed by atoms with Gasteiger partial charge in [0, 0.05) is 19.6 Å². The van der Waals surface area contributed by atoms with Crippen molar-refractivity contribution < 1.29 is 22.7 Å². The lowest BCUT2D eigenvalue weighted by Gasteiger charge is -2.24. The molecule has 0 aliphatic rings. The summed E-state index contributed by atoms with van der Waals surface area (Å²) in [5.41, 5.74) is -0.607. The van der Waals surface area contributed by atoms with Crippen molar-refractivity contribution in [2.24, 2.45) is 0 Å². The maximum absolute atomic E-state index is 12.6. The summed E-state index contributed by atoms with van der Waals surface area (Å²) >= 11 is 0. The first-order valence-electron chi connectivity index (χ1n) is 8.14. The highest BCUT2D eigenvalue weighted by Crippen LogP contribution is 2.19. The zero-order valence-corrected chi connectivity index (χ0v) is 16.5. The molecule has 0 heterocycles. The Morgan fingerprint density at radius 1 is 1.24 bits per heavy atom. The van der Waals surface area contributed by atoms with Crippen LogP contribution in [0.5, 0.6) is 5.75 Å². The highest BCUT2D eigenvalue weighted by molar-refractivity contribution is 7.89. The molecule has 142 valence electrons. The Kier molecular flexibility index (Phi) is 7.25. The van der Waals surface area contributed by atoms with Gasteiger partial charge in [0.1, 0.15) is 11.4 Å². The van der Waals surface area contributed by atoms with Gasteiger partial charge in [0.2, 0.25) is 10.0 Å². The second-order valence-corrected chi connectivity index (χ2v) is 8.78. The second kappa shape index (κ2) is 8.53. The van der Waals surface area contributed by atoms with Crippen LogP contribution in [0.25, 0.3) is 0 Å². The van der Waals surface area contributed by atoms with Gasteiger partial charge >= 0.3 is 6.09 Å². The third kappa shape index (κ3) is 6.91. The van der Waals surface area contributed by atoms with Gasteiger partial charge in [-0.3, -0.25) is 0 Å². The average molecular weight is 372 g/mol. The zero-order chi connectivity index (χ0) is 19.3. The maximum atomic E-state index is 12.6. The molecule has 0 aliphatic carbocycles. The molecule has 1 rings (SSSR count). The molecule has 7 nitrogen and oxygen atoms in total. The summed E-state index contributed by atoms with van der Waals surface area (Å²) in [6.45, 7) is 9.50. The Bertz CT molecular complexity index is 665. The van der Waals surface area contributed by atoms with Gasteiger partial charge in [-0.15, -0.1) is 0 Å². The van der Waals surface area contributed by atoms with Crippen LogP contribution in [0.2, 0.25) is 0 Å². The van der Waals surface area contributed by atoms with Crippen LogP contribution in [-0.2, 0) is 14.8 Å². The molecular formula is C17H28N2O5S. The molecule has 0 fully saturated rings. The molecule has 0 saturated heterocycles. The van der Waals surface area contributed by atoms with Crippen LogP contribution in [0.15, 0.2) is 29.2 Å². The first-order valence-corrected chi connectivity index (χ1v) is 9.58. The summed E-state index contributed by atoms with van der Waals surface area (Å²) in [6, 6.07) is 5.84. The number of likely N-dealkylation sites (N-methyl/N-ethyl adjacent to an activating group) is 1. The Hall–Kier alpha value is -1.80. The molecule has 0 saturated carbocycles. The predicted octanol–water partition coefficient (Wildman–Crippen LogP) is 2.62. The third-order valence-corrected chi connectivity index (χ3v) is 4.97. The minimum absolute atomic E-state index is 0.120. The van der Waals surface area contributed by atoms with E-state index in [1.165, 1.54) is 23.5 Å². The van der Waals surface area contributed by atoms with Gasteiger partial charge in [0.15, 0.2) is 0 Å². The Morgan fingerprint density at radius 2 is 1.80 bits per heavy atom. The molecule has 1 aromatic carbocycles. The van der Waals surface area contributed by atoms with Gasteiger partial charge in [0.25, 0.3) is 0 Å². The molecular weight excluding hydrogens is 344 g/mol. The van der Waals surface area contributed by atoms with E-state index in [2.05, 4.69) is 5.32 Å². The Balaban J connectivity index is 2.70. The van der Waals surface area contributed by atoms with Crippen molar-refractivity contribution in [3.05, 3.63) is 24.3 Å². The summed E-state index contributed by atoms with van der Waals surface area (Å²) in [5.74, 6) is 0.615. The molecule has 0 spiro atoms. The molecule has 0 aromatic heterocycles. The number of benzene rings is 1. The number of hydrogen-bond acceptors (Lipinski definition) is 5. The van der Waals surface area contributed by atoms with Gasteiger partial charge in [-0.05, 0) is 58.9 Å². The lowest BCUT2D eigenvalue weighted by Crippen LogP contribution is -2.44. The molecule has 0 radical (unpaired) electrons. The topological polar surface area (TPSA) is 84.9 Å². The first-order chi connectivity index (χ1) is 11.5. The highest BCUT2D eigenvalue weighted by Gasteiger charge is 2.24. The maximum Gasteiger partial charge on any atom is 0.407 e.